The van der Waals surface area contributed by atoms with E-state index in [1.54, 1.807) is 18.1 Å². The van der Waals surface area contributed by atoms with E-state index in [1.165, 1.54) is 0 Å². The van der Waals surface area contributed by atoms with Gasteiger partial charge in [0.25, 0.3) is 5.91 Å². The number of aliphatic hydroxyl groups is 1. The number of nitrogens with one attached hydrogen (secondary N) is 3. The molecule has 2 saturated heterocycles. The standard InChI is InChI=1S/C30H38N4O6/c1-40-25-8-4-7-21-20(25)14-23(31-21)29(39)34-15-18-5-2-3-6-19(18)26(34)28(38)32-22(24(36)16-35)13-17-9-10-30(11-12-30)33-27(17)37/h4,7-8,14,17-19,22,26,31,35H,2-3,5-6,9-13,15-16H2,1H3,(H,32,38)(H,33,37)/t17-,18-,19-,22-,26-/m0/s1. The van der Waals surface area contributed by atoms with Gasteiger partial charge in [-0.25, -0.2) is 0 Å². The Kier molecular flexibility index (Phi) is 7.06. The quantitative estimate of drug-likeness (QED) is 0.398. The SMILES string of the molecule is COc1cccc2[nH]c(C(=O)N3C[C@@H]4CCCC[C@@H]4[C@H]3C(=O)N[C@@H](C[C@@H]3CCC4(CC4)NC3=O)C(=O)CO)cc12. The molecule has 0 radical (unpaired) electrons. The average Bonchev–Trinajstić information content (AvgIpc) is 3.39. The second-order valence-electron chi connectivity index (χ2n) is 12.1. The van der Waals surface area contributed by atoms with E-state index >= 15 is 0 Å². The van der Waals surface area contributed by atoms with Crippen molar-refractivity contribution in [3.63, 3.8) is 0 Å². The molecule has 4 fully saturated rings. The van der Waals surface area contributed by atoms with Crippen LogP contribution < -0.4 is 15.4 Å². The number of methoxy groups -OCH3 is 1. The number of aromatic amines is 1. The maximum atomic E-state index is 13.9. The van der Waals surface area contributed by atoms with Crippen molar-refractivity contribution in [3.8, 4) is 5.75 Å². The van der Waals surface area contributed by atoms with Crippen molar-refractivity contribution in [2.24, 2.45) is 17.8 Å². The van der Waals surface area contributed by atoms with Crippen molar-refractivity contribution in [3.05, 3.63) is 30.0 Å². The van der Waals surface area contributed by atoms with E-state index in [-0.39, 0.29) is 35.6 Å². The predicted octanol–water partition coefficient (Wildman–Crippen LogP) is 2.30. The summed E-state index contributed by atoms with van der Waals surface area (Å²) in [5, 5.41) is 16.4. The zero-order valence-electron chi connectivity index (χ0n) is 22.9. The van der Waals surface area contributed by atoms with E-state index in [9.17, 15) is 24.3 Å². The first-order valence-corrected chi connectivity index (χ1v) is 14.5. The Morgan fingerprint density at radius 2 is 1.98 bits per heavy atom. The van der Waals surface area contributed by atoms with Gasteiger partial charge in [0.1, 0.15) is 24.1 Å². The van der Waals surface area contributed by atoms with Crippen LogP contribution in [-0.4, -0.2) is 76.4 Å². The lowest BCUT2D eigenvalue weighted by atomic mass is 9.78. The van der Waals surface area contributed by atoms with Crippen molar-refractivity contribution < 1.29 is 29.0 Å². The number of hydrogen-bond acceptors (Lipinski definition) is 6. The molecule has 4 aliphatic rings. The van der Waals surface area contributed by atoms with Crippen LogP contribution in [0.3, 0.4) is 0 Å². The number of rotatable bonds is 8. The third-order valence-corrected chi connectivity index (χ3v) is 9.71. The topological polar surface area (TPSA) is 141 Å². The molecule has 2 saturated carbocycles. The van der Waals surface area contributed by atoms with Gasteiger partial charge in [-0.3, -0.25) is 19.2 Å². The number of ether oxygens (including phenoxy) is 1. The summed E-state index contributed by atoms with van der Waals surface area (Å²) < 4.78 is 5.45. The molecule has 2 aliphatic heterocycles. The number of fused-ring (bicyclic) bond motifs is 2. The molecule has 3 amide bonds. The highest BCUT2D eigenvalue weighted by Gasteiger charge is 2.50. The number of carbonyl (C=O) groups is 4. The second kappa shape index (κ2) is 10.5. The average molecular weight is 551 g/mol. The van der Waals surface area contributed by atoms with Crippen LogP contribution in [0.25, 0.3) is 10.9 Å². The second-order valence-corrected chi connectivity index (χ2v) is 12.1. The van der Waals surface area contributed by atoms with Crippen LogP contribution in [0.5, 0.6) is 5.75 Å². The van der Waals surface area contributed by atoms with Crippen LogP contribution in [0.2, 0.25) is 0 Å². The molecule has 1 aromatic heterocycles. The third-order valence-electron chi connectivity index (χ3n) is 9.71. The van der Waals surface area contributed by atoms with Gasteiger partial charge in [-0.15, -0.1) is 0 Å². The molecule has 5 atom stereocenters. The van der Waals surface area contributed by atoms with Gasteiger partial charge in [-0.05, 0) is 75.0 Å². The number of benzene rings is 1. The largest absolute Gasteiger partial charge is 0.496 e. The molecule has 2 aliphatic carbocycles. The molecular weight excluding hydrogens is 512 g/mol. The molecule has 214 valence electrons. The Morgan fingerprint density at radius 1 is 1.18 bits per heavy atom. The molecule has 10 heteroatoms. The highest BCUT2D eigenvalue weighted by molar-refractivity contribution is 6.02. The molecule has 0 unspecified atom stereocenters. The minimum absolute atomic E-state index is 0.00537. The summed E-state index contributed by atoms with van der Waals surface area (Å²) in [4.78, 5) is 58.2. The van der Waals surface area contributed by atoms with E-state index in [0.29, 0.717) is 24.4 Å². The van der Waals surface area contributed by atoms with Gasteiger partial charge in [0.05, 0.1) is 13.2 Å². The zero-order chi connectivity index (χ0) is 28.0. The lowest BCUT2D eigenvalue weighted by Gasteiger charge is -2.33. The first kappa shape index (κ1) is 26.8. The van der Waals surface area contributed by atoms with Gasteiger partial charge < -0.3 is 30.4 Å². The lowest BCUT2D eigenvalue weighted by Crippen LogP contribution is -2.55. The van der Waals surface area contributed by atoms with Crippen LogP contribution in [0.15, 0.2) is 24.3 Å². The summed E-state index contributed by atoms with van der Waals surface area (Å²) in [6.45, 7) is -0.251. The zero-order valence-corrected chi connectivity index (χ0v) is 22.9. The van der Waals surface area contributed by atoms with Crippen molar-refractivity contribution in [1.82, 2.24) is 20.5 Å². The number of hydrogen-bond donors (Lipinski definition) is 4. The minimum Gasteiger partial charge on any atom is -0.496 e. The van der Waals surface area contributed by atoms with Gasteiger partial charge in [-0.2, -0.15) is 0 Å². The molecule has 1 aromatic carbocycles. The van der Waals surface area contributed by atoms with E-state index < -0.39 is 36.3 Å². The summed E-state index contributed by atoms with van der Waals surface area (Å²) in [5.41, 5.74) is 1.08. The third kappa shape index (κ3) is 4.87. The summed E-state index contributed by atoms with van der Waals surface area (Å²) in [7, 11) is 1.58. The van der Waals surface area contributed by atoms with Crippen molar-refractivity contribution in [2.75, 3.05) is 20.3 Å². The maximum Gasteiger partial charge on any atom is 0.271 e. The number of H-pyrrole nitrogens is 1. The van der Waals surface area contributed by atoms with Crippen LogP contribution >= 0.6 is 0 Å². The van der Waals surface area contributed by atoms with Gasteiger partial charge in [0, 0.05) is 28.9 Å². The Morgan fingerprint density at radius 3 is 2.70 bits per heavy atom. The fraction of sp³-hybridized carbons (Fsp3) is 0.600. The highest BCUT2D eigenvalue weighted by atomic mass is 16.5. The Hall–Kier alpha value is -3.40. The van der Waals surface area contributed by atoms with Gasteiger partial charge in [0.2, 0.25) is 11.8 Å². The number of aromatic nitrogens is 1. The fourth-order valence-corrected chi connectivity index (χ4v) is 7.28. The number of ketones is 1. The summed E-state index contributed by atoms with van der Waals surface area (Å²) >= 11 is 0. The molecule has 4 N–H and O–H groups in total. The Balaban J connectivity index is 1.23. The van der Waals surface area contributed by atoms with Crippen LogP contribution in [0.1, 0.15) is 68.3 Å². The fourth-order valence-electron chi connectivity index (χ4n) is 7.28. The van der Waals surface area contributed by atoms with Crippen LogP contribution in [0, 0.1) is 17.8 Å². The molecule has 40 heavy (non-hydrogen) atoms. The molecule has 10 nitrogen and oxygen atoms in total. The van der Waals surface area contributed by atoms with Crippen molar-refractivity contribution in [1.29, 1.82) is 0 Å². The number of piperidine rings is 1. The number of carbonyl (C=O) groups excluding carboxylic acids is 4. The first-order chi connectivity index (χ1) is 19.3. The number of amides is 3. The normalized spacial score (nSPS) is 27.6. The molecule has 6 rings (SSSR count). The van der Waals surface area contributed by atoms with Gasteiger partial charge in [0.15, 0.2) is 5.78 Å². The molecule has 3 heterocycles. The molecule has 2 aromatic rings. The first-order valence-electron chi connectivity index (χ1n) is 14.5. The summed E-state index contributed by atoms with van der Waals surface area (Å²) in [5.74, 6) is -0.816. The van der Waals surface area contributed by atoms with Gasteiger partial charge >= 0.3 is 0 Å². The van der Waals surface area contributed by atoms with Crippen LogP contribution in [-0.2, 0) is 14.4 Å². The minimum atomic E-state index is -0.988. The van der Waals surface area contributed by atoms with E-state index in [1.807, 2.05) is 18.2 Å². The Bertz CT molecular complexity index is 1330. The van der Waals surface area contributed by atoms with E-state index in [0.717, 1.165) is 55.8 Å². The molecule has 0 bridgehead atoms. The monoisotopic (exact) mass is 550 g/mol. The van der Waals surface area contributed by atoms with Crippen molar-refractivity contribution in [2.45, 2.75) is 75.4 Å². The highest BCUT2D eigenvalue weighted by Crippen LogP contribution is 2.44. The number of aliphatic hydroxyl groups excluding tert-OH is 1. The number of nitrogens with zero attached hydrogens (tertiary/aromatic N) is 1. The smallest absolute Gasteiger partial charge is 0.271 e. The van der Waals surface area contributed by atoms with E-state index in [2.05, 4.69) is 15.6 Å². The number of Topliss-reactive ketones (excluding diaryl/α,β-unsaturated/α-hetero) is 1. The Labute approximate surface area is 233 Å². The summed E-state index contributed by atoms with van der Waals surface area (Å²) in [6.07, 6.45) is 7.45. The predicted molar refractivity (Wildman–Crippen MR) is 147 cm³/mol. The lowest BCUT2D eigenvalue weighted by molar-refractivity contribution is -0.134. The summed E-state index contributed by atoms with van der Waals surface area (Å²) in [6, 6.07) is 5.61. The number of likely N-dealkylation sites (tertiary alicyclic amines) is 1. The maximum absolute atomic E-state index is 13.9. The van der Waals surface area contributed by atoms with Crippen molar-refractivity contribution >= 4 is 34.4 Å². The molecule has 1 spiro atoms. The van der Waals surface area contributed by atoms with Crippen LogP contribution in [0.4, 0.5) is 0 Å². The van der Waals surface area contributed by atoms with E-state index in [4.69, 9.17) is 4.74 Å². The van der Waals surface area contributed by atoms with Gasteiger partial charge in [-0.1, -0.05) is 18.9 Å². The molecular formula is C30H38N4O6.